The average Bonchev–Trinajstić information content (AvgIpc) is 2.72. The molecule has 1 amide bonds. The second-order valence-electron chi connectivity index (χ2n) is 5.18. The SMILES string of the molecule is CCC(C)NC(=O)C(C)N1CCC(N)(C(=O)O)C1. The molecule has 0 radical (unpaired) electrons. The maximum atomic E-state index is 11.9. The average molecular weight is 257 g/mol. The van der Waals surface area contributed by atoms with Gasteiger partial charge in [-0.3, -0.25) is 14.5 Å². The number of hydrogen-bond acceptors (Lipinski definition) is 4. The molecule has 3 atom stereocenters. The van der Waals surface area contributed by atoms with Crippen molar-refractivity contribution in [2.45, 2.75) is 51.2 Å². The monoisotopic (exact) mass is 257 g/mol. The molecule has 18 heavy (non-hydrogen) atoms. The van der Waals surface area contributed by atoms with E-state index < -0.39 is 11.5 Å². The zero-order chi connectivity index (χ0) is 13.9. The van der Waals surface area contributed by atoms with Crippen molar-refractivity contribution in [2.75, 3.05) is 13.1 Å². The van der Waals surface area contributed by atoms with Gasteiger partial charge in [-0.15, -0.1) is 0 Å². The van der Waals surface area contributed by atoms with E-state index in [1.165, 1.54) is 0 Å². The molecule has 6 nitrogen and oxygen atoms in total. The van der Waals surface area contributed by atoms with Crippen molar-refractivity contribution in [1.82, 2.24) is 10.2 Å². The summed E-state index contributed by atoms with van der Waals surface area (Å²) in [5.74, 6) is -1.07. The van der Waals surface area contributed by atoms with E-state index in [9.17, 15) is 9.59 Å². The van der Waals surface area contributed by atoms with E-state index >= 15 is 0 Å². The molecule has 104 valence electrons. The molecule has 1 aliphatic heterocycles. The van der Waals surface area contributed by atoms with Crippen LogP contribution in [0.15, 0.2) is 0 Å². The highest BCUT2D eigenvalue weighted by Crippen LogP contribution is 2.21. The summed E-state index contributed by atoms with van der Waals surface area (Å²) < 4.78 is 0. The first-order valence-electron chi connectivity index (χ1n) is 6.37. The molecule has 0 spiro atoms. The second kappa shape index (κ2) is 5.67. The topological polar surface area (TPSA) is 95.7 Å². The number of carboxylic acids is 1. The lowest BCUT2D eigenvalue weighted by Gasteiger charge is -2.26. The molecular formula is C12H23N3O3. The fourth-order valence-corrected chi connectivity index (χ4v) is 2.00. The summed E-state index contributed by atoms with van der Waals surface area (Å²) in [4.78, 5) is 24.8. The van der Waals surface area contributed by atoms with Crippen molar-refractivity contribution in [3.8, 4) is 0 Å². The lowest BCUT2D eigenvalue weighted by atomic mass is 10.0. The van der Waals surface area contributed by atoms with Crippen molar-refractivity contribution in [3.63, 3.8) is 0 Å². The van der Waals surface area contributed by atoms with Crippen LogP contribution in [0, 0.1) is 0 Å². The van der Waals surface area contributed by atoms with E-state index in [-0.39, 0.29) is 24.5 Å². The zero-order valence-corrected chi connectivity index (χ0v) is 11.3. The summed E-state index contributed by atoms with van der Waals surface area (Å²) in [6, 6.07) is -0.214. The molecule has 1 aliphatic rings. The van der Waals surface area contributed by atoms with Gasteiger partial charge in [0.05, 0.1) is 6.04 Å². The third-order valence-electron chi connectivity index (χ3n) is 3.68. The number of aliphatic carboxylic acids is 1. The Bertz CT molecular complexity index is 335. The first-order chi connectivity index (χ1) is 8.30. The van der Waals surface area contributed by atoms with Crippen LogP contribution in [0.2, 0.25) is 0 Å². The highest BCUT2D eigenvalue weighted by Gasteiger charge is 2.43. The van der Waals surface area contributed by atoms with E-state index in [4.69, 9.17) is 10.8 Å². The first kappa shape index (κ1) is 14.9. The standard InChI is InChI=1S/C12H23N3O3/c1-4-8(2)14-10(16)9(3)15-6-5-12(13,7-15)11(17)18/h8-9H,4-7,13H2,1-3H3,(H,14,16)(H,17,18). The minimum Gasteiger partial charge on any atom is -0.480 e. The summed E-state index contributed by atoms with van der Waals surface area (Å²) >= 11 is 0. The molecule has 6 heteroatoms. The number of likely N-dealkylation sites (tertiary alicyclic amines) is 1. The van der Waals surface area contributed by atoms with Gasteiger partial charge in [0.2, 0.25) is 5.91 Å². The lowest BCUT2D eigenvalue weighted by molar-refractivity contribution is -0.143. The number of nitrogens with zero attached hydrogens (tertiary/aromatic N) is 1. The Morgan fingerprint density at radius 1 is 1.50 bits per heavy atom. The molecule has 0 aromatic heterocycles. The molecule has 3 unspecified atom stereocenters. The van der Waals surface area contributed by atoms with Crippen molar-refractivity contribution in [2.24, 2.45) is 5.73 Å². The van der Waals surface area contributed by atoms with Crippen LogP contribution in [-0.2, 0) is 9.59 Å². The smallest absolute Gasteiger partial charge is 0.325 e. The van der Waals surface area contributed by atoms with Crippen LogP contribution < -0.4 is 11.1 Å². The van der Waals surface area contributed by atoms with Gasteiger partial charge in [-0.1, -0.05) is 6.92 Å². The van der Waals surface area contributed by atoms with Gasteiger partial charge in [0.25, 0.3) is 0 Å². The van der Waals surface area contributed by atoms with Crippen molar-refractivity contribution >= 4 is 11.9 Å². The van der Waals surface area contributed by atoms with Gasteiger partial charge >= 0.3 is 5.97 Å². The molecule has 1 fully saturated rings. The molecule has 1 rings (SSSR count). The first-order valence-corrected chi connectivity index (χ1v) is 6.37. The second-order valence-corrected chi connectivity index (χ2v) is 5.18. The van der Waals surface area contributed by atoms with Crippen LogP contribution in [-0.4, -0.2) is 52.6 Å². The largest absolute Gasteiger partial charge is 0.480 e. The zero-order valence-electron chi connectivity index (χ0n) is 11.3. The quantitative estimate of drug-likeness (QED) is 0.632. The van der Waals surface area contributed by atoms with Gasteiger partial charge < -0.3 is 16.2 Å². The molecule has 1 saturated heterocycles. The Morgan fingerprint density at radius 2 is 2.11 bits per heavy atom. The predicted molar refractivity (Wildman–Crippen MR) is 68.1 cm³/mol. The normalized spacial score (nSPS) is 27.8. The molecular weight excluding hydrogens is 234 g/mol. The molecule has 0 aliphatic carbocycles. The fourth-order valence-electron chi connectivity index (χ4n) is 2.00. The Kier molecular flexibility index (Phi) is 4.70. The molecule has 0 aromatic rings. The van der Waals surface area contributed by atoms with Crippen LogP contribution in [0.25, 0.3) is 0 Å². The van der Waals surface area contributed by atoms with E-state index in [0.717, 1.165) is 6.42 Å². The lowest BCUT2D eigenvalue weighted by Crippen LogP contribution is -2.53. The number of carbonyl (C=O) groups is 2. The highest BCUT2D eigenvalue weighted by molar-refractivity contribution is 5.83. The summed E-state index contributed by atoms with van der Waals surface area (Å²) in [5, 5.41) is 11.9. The van der Waals surface area contributed by atoms with E-state index in [1.807, 2.05) is 18.7 Å². The summed E-state index contributed by atoms with van der Waals surface area (Å²) in [6.45, 7) is 6.49. The summed E-state index contributed by atoms with van der Waals surface area (Å²) in [6.07, 6.45) is 1.25. The third kappa shape index (κ3) is 3.20. The Morgan fingerprint density at radius 3 is 2.56 bits per heavy atom. The minimum atomic E-state index is -1.22. The number of amides is 1. The minimum absolute atomic E-state index is 0.0704. The Labute approximate surface area is 108 Å². The van der Waals surface area contributed by atoms with Crippen LogP contribution in [0.1, 0.15) is 33.6 Å². The number of carboxylic acid groups (broad SMARTS) is 1. The van der Waals surface area contributed by atoms with E-state index in [2.05, 4.69) is 5.32 Å². The van der Waals surface area contributed by atoms with Crippen molar-refractivity contribution in [3.05, 3.63) is 0 Å². The third-order valence-corrected chi connectivity index (χ3v) is 3.68. The van der Waals surface area contributed by atoms with Gasteiger partial charge in [-0.25, -0.2) is 0 Å². The van der Waals surface area contributed by atoms with Crippen molar-refractivity contribution < 1.29 is 14.7 Å². The Hall–Kier alpha value is -1.14. The number of carbonyl (C=O) groups excluding carboxylic acids is 1. The summed E-state index contributed by atoms with van der Waals surface area (Å²) in [7, 11) is 0. The molecule has 0 aromatic carbocycles. The van der Waals surface area contributed by atoms with Gasteiger partial charge in [0.1, 0.15) is 5.54 Å². The number of nitrogens with one attached hydrogen (secondary N) is 1. The number of rotatable bonds is 5. The predicted octanol–water partition coefficient (Wildman–Crippen LogP) is -0.223. The maximum absolute atomic E-state index is 11.9. The van der Waals surface area contributed by atoms with Gasteiger partial charge in [0.15, 0.2) is 0 Å². The maximum Gasteiger partial charge on any atom is 0.325 e. The molecule has 0 saturated carbocycles. The van der Waals surface area contributed by atoms with Crippen LogP contribution in [0.4, 0.5) is 0 Å². The number of nitrogens with two attached hydrogens (primary N) is 1. The van der Waals surface area contributed by atoms with E-state index in [0.29, 0.717) is 13.0 Å². The highest BCUT2D eigenvalue weighted by atomic mass is 16.4. The van der Waals surface area contributed by atoms with E-state index in [1.54, 1.807) is 6.92 Å². The van der Waals surface area contributed by atoms with Crippen LogP contribution >= 0.6 is 0 Å². The van der Waals surface area contributed by atoms with Crippen LogP contribution in [0.3, 0.4) is 0 Å². The molecule has 1 heterocycles. The molecule has 4 N–H and O–H groups in total. The van der Waals surface area contributed by atoms with Gasteiger partial charge in [0, 0.05) is 19.1 Å². The Balaban J connectivity index is 2.57. The van der Waals surface area contributed by atoms with Crippen molar-refractivity contribution in [1.29, 1.82) is 0 Å². The molecule has 0 bridgehead atoms. The fraction of sp³-hybridized carbons (Fsp3) is 0.833. The number of hydrogen-bond donors (Lipinski definition) is 3. The summed E-state index contributed by atoms with van der Waals surface area (Å²) in [5.41, 5.74) is 4.57. The van der Waals surface area contributed by atoms with Gasteiger partial charge in [-0.2, -0.15) is 0 Å². The van der Waals surface area contributed by atoms with Crippen LogP contribution in [0.5, 0.6) is 0 Å². The van der Waals surface area contributed by atoms with Gasteiger partial charge in [-0.05, 0) is 26.7 Å².